The maximum Gasteiger partial charge on any atom is 0.515 e. The van der Waals surface area contributed by atoms with Crippen LogP contribution in [0.4, 0.5) is 0 Å². The molecule has 0 saturated heterocycles. The summed E-state index contributed by atoms with van der Waals surface area (Å²) in [5.74, 6) is -0.670. The molecular formula is C11H13Cl2O4+. The second kappa shape index (κ2) is 6.21. The van der Waals surface area contributed by atoms with Crippen molar-refractivity contribution in [3.05, 3.63) is 33.8 Å². The first-order chi connectivity index (χ1) is 7.99. The van der Waals surface area contributed by atoms with Crippen molar-refractivity contribution in [2.24, 2.45) is 0 Å². The number of benzene rings is 1. The minimum absolute atomic E-state index is 0.148. The molecule has 1 aromatic carbocycles. The van der Waals surface area contributed by atoms with E-state index in [1.807, 2.05) is 0 Å². The molecule has 0 radical (unpaired) electrons. The van der Waals surface area contributed by atoms with Crippen molar-refractivity contribution in [1.29, 1.82) is 0 Å². The zero-order valence-corrected chi connectivity index (χ0v) is 10.6. The topological polar surface area (TPSA) is 71.1 Å². The molecule has 4 nitrogen and oxygen atoms in total. The van der Waals surface area contributed by atoms with Crippen molar-refractivity contribution in [2.45, 2.75) is 19.1 Å². The lowest BCUT2D eigenvalue weighted by molar-refractivity contribution is 0.0371. The van der Waals surface area contributed by atoms with Crippen LogP contribution < -0.4 is 0 Å². The molecule has 0 amide bonds. The van der Waals surface area contributed by atoms with Crippen molar-refractivity contribution in [3.63, 3.8) is 0 Å². The van der Waals surface area contributed by atoms with Crippen LogP contribution in [0.2, 0.25) is 10.0 Å². The van der Waals surface area contributed by atoms with Gasteiger partial charge in [-0.25, -0.2) is 0 Å². The Bertz CT molecular complexity index is 388. The van der Waals surface area contributed by atoms with E-state index in [1.54, 1.807) is 13.0 Å². The lowest BCUT2D eigenvalue weighted by atomic mass is 10.0. The molecule has 17 heavy (non-hydrogen) atoms. The van der Waals surface area contributed by atoms with Crippen LogP contribution in [0.1, 0.15) is 18.6 Å². The maximum absolute atomic E-state index is 9.87. The standard InChI is InChI=1S/C11H12Cl2O4/c1-2-17-11(16)10(15)9(14)8-6(12)4-3-5-7(8)13/h3-5,9-10,14-15H,2H2,1H3/p+1/t9-,10+/m1/s1. The lowest BCUT2D eigenvalue weighted by Gasteiger charge is -2.15. The van der Waals surface area contributed by atoms with E-state index in [2.05, 4.69) is 0 Å². The quantitative estimate of drug-likeness (QED) is 0.654. The fraction of sp³-hybridized carbons (Fsp3) is 0.364. The number of rotatable bonds is 4. The number of halogens is 2. The van der Waals surface area contributed by atoms with Crippen molar-refractivity contribution < 1.29 is 19.7 Å². The fourth-order valence-corrected chi connectivity index (χ4v) is 1.94. The minimum Gasteiger partial charge on any atom is -0.385 e. The van der Waals surface area contributed by atoms with Gasteiger partial charge in [0.15, 0.2) is 6.61 Å². The third kappa shape index (κ3) is 3.33. The Kier molecular flexibility index (Phi) is 5.21. The van der Waals surface area contributed by atoms with Crippen LogP contribution in [-0.4, -0.2) is 33.7 Å². The zero-order valence-electron chi connectivity index (χ0n) is 9.10. The van der Waals surface area contributed by atoms with Crippen LogP contribution in [0.5, 0.6) is 0 Å². The zero-order chi connectivity index (χ0) is 13.0. The third-order valence-corrected chi connectivity index (χ3v) is 2.80. The molecule has 0 aromatic heterocycles. The van der Waals surface area contributed by atoms with Crippen molar-refractivity contribution in [1.82, 2.24) is 0 Å². The molecule has 0 saturated carbocycles. The first kappa shape index (κ1) is 14.3. The van der Waals surface area contributed by atoms with E-state index in [0.29, 0.717) is 0 Å². The normalized spacial score (nSPS) is 14.2. The summed E-state index contributed by atoms with van der Waals surface area (Å²) < 4.78 is 4.70. The highest BCUT2D eigenvalue weighted by molar-refractivity contribution is 6.36. The van der Waals surface area contributed by atoms with Crippen LogP contribution in [0, 0.1) is 0 Å². The number of ether oxygens (including phenoxy) is 1. The molecule has 0 aliphatic heterocycles. The summed E-state index contributed by atoms with van der Waals surface area (Å²) in [6, 6.07) is 4.66. The molecule has 94 valence electrons. The van der Waals surface area contributed by atoms with Gasteiger partial charge in [-0.3, -0.25) is 0 Å². The largest absolute Gasteiger partial charge is 0.515 e. The Morgan fingerprint density at radius 1 is 1.35 bits per heavy atom. The highest BCUT2D eigenvalue weighted by Crippen LogP contribution is 2.32. The van der Waals surface area contributed by atoms with Gasteiger partial charge in [0.1, 0.15) is 6.10 Å². The Labute approximate surface area is 109 Å². The molecule has 3 N–H and O–H groups in total. The average Bonchev–Trinajstić information content (AvgIpc) is 2.27. The Hall–Kier alpha value is -0.810. The number of aliphatic hydroxyl groups excluding tert-OH is 2. The van der Waals surface area contributed by atoms with Gasteiger partial charge in [0.2, 0.25) is 6.10 Å². The number of esters is 1. The summed E-state index contributed by atoms with van der Waals surface area (Å²) >= 11 is 11.7. The SMILES string of the molecule is CCOC(=[OH+])[C@@H](O)[C@H](O)c1c(Cl)cccc1Cl. The van der Waals surface area contributed by atoms with Crippen molar-refractivity contribution in [3.8, 4) is 0 Å². The summed E-state index contributed by atoms with van der Waals surface area (Å²) in [5.41, 5.74) is 0.148. The number of hydrogen-bond acceptors (Lipinski definition) is 3. The Morgan fingerprint density at radius 2 is 1.88 bits per heavy atom. The van der Waals surface area contributed by atoms with E-state index in [9.17, 15) is 15.0 Å². The smallest absolute Gasteiger partial charge is 0.385 e. The molecule has 1 aromatic rings. The monoisotopic (exact) mass is 279 g/mol. The van der Waals surface area contributed by atoms with Crippen LogP contribution >= 0.6 is 23.2 Å². The van der Waals surface area contributed by atoms with Gasteiger partial charge in [0.05, 0.1) is 0 Å². The van der Waals surface area contributed by atoms with Gasteiger partial charge in [-0.2, -0.15) is 0 Å². The Morgan fingerprint density at radius 3 is 2.35 bits per heavy atom. The van der Waals surface area contributed by atoms with Crippen molar-refractivity contribution >= 4 is 29.2 Å². The molecule has 0 fully saturated rings. The molecule has 1 rings (SSSR count). The average molecular weight is 280 g/mol. The van der Waals surface area contributed by atoms with Crippen LogP contribution in [0.3, 0.4) is 0 Å². The number of hydrogen-bond donors (Lipinski definition) is 2. The van der Waals surface area contributed by atoms with Gasteiger partial charge in [0.25, 0.3) is 0 Å². The van der Waals surface area contributed by atoms with E-state index >= 15 is 0 Å². The van der Waals surface area contributed by atoms with Gasteiger partial charge in [-0.05, 0) is 19.1 Å². The summed E-state index contributed by atoms with van der Waals surface area (Å²) in [4.78, 5) is 9.33. The van der Waals surface area contributed by atoms with E-state index in [-0.39, 0.29) is 22.2 Å². The second-order valence-corrected chi connectivity index (χ2v) is 4.11. The van der Waals surface area contributed by atoms with Crippen LogP contribution in [-0.2, 0) is 4.74 Å². The second-order valence-electron chi connectivity index (χ2n) is 3.30. The minimum atomic E-state index is -1.60. The van der Waals surface area contributed by atoms with Gasteiger partial charge in [0, 0.05) is 15.6 Å². The summed E-state index contributed by atoms with van der Waals surface area (Å²) in [6.45, 7) is 1.81. The highest BCUT2D eigenvalue weighted by atomic mass is 35.5. The fourth-order valence-electron chi connectivity index (χ4n) is 1.32. The predicted molar refractivity (Wildman–Crippen MR) is 66.0 cm³/mol. The predicted octanol–water partition coefficient (Wildman–Crippen LogP) is 1.93. The summed E-state index contributed by atoms with van der Waals surface area (Å²) in [5, 5.41) is 19.9. The summed E-state index contributed by atoms with van der Waals surface area (Å²) in [7, 11) is 0. The molecule has 6 heteroatoms. The van der Waals surface area contributed by atoms with Gasteiger partial charge >= 0.3 is 5.97 Å². The maximum atomic E-state index is 9.87. The molecule has 2 atom stereocenters. The van der Waals surface area contributed by atoms with E-state index < -0.39 is 18.2 Å². The molecule has 0 unspecified atom stereocenters. The van der Waals surface area contributed by atoms with E-state index in [4.69, 9.17) is 27.9 Å². The van der Waals surface area contributed by atoms with E-state index in [1.165, 1.54) is 12.1 Å². The van der Waals surface area contributed by atoms with Gasteiger partial charge in [-0.1, -0.05) is 29.3 Å². The molecule has 0 spiro atoms. The lowest BCUT2D eigenvalue weighted by Crippen LogP contribution is -2.30. The van der Waals surface area contributed by atoms with Gasteiger partial charge in [-0.15, -0.1) is 0 Å². The van der Waals surface area contributed by atoms with E-state index in [0.717, 1.165) is 0 Å². The molecule has 0 heterocycles. The molecule has 0 bridgehead atoms. The Balaban J connectivity index is 2.96. The van der Waals surface area contributed by atoms with Crippen molar-refractivity contribution in [2.75, 3.05) is 6.61 Å². The highest BCUT2D eigenvalue weighted by Gasteiger charge is 2.35. The first-order valence-electron chi connectivity index (χ1n) is 4.97. The van der Waals surface area contributed by atoms with Gasteiger partial charge < -0.3 is 19.7 Å². The molecule has 0 aliphatic rings. The number of carbonyl (C=O) groups excluding carboxylic acids is 1. The number of aliphatic hydroxyl groups is 2. The summed E-state index contributed by atoms with van der Waals surface area (Å²) in [6.07, 6.45) is -3.06. The third-order valence-electron chi connectivity index (χ3n) is 2.14. The molecule has 0 aliphatic carbocycles. The first-order valence-corrected chi connectivity index (χ1v) is 5.73. The van der Waals surface area contributed by atoms with Crippen LogP contribution in [0.25, 0.3) is 0 Å². The van der Waals surface area contributed by atoms with Crippen LogP contribution in [0.15, 0.2) is 18.2 Å². The molecular weight excluding hydrogens is 267 g/mol.